The first-order chi connectivity index (χ1) is 16.9. The minimum absolute atomic E-state index is 0.00292. The highest BCUT2D eigenvalue weighted by molar-refractivity contribution is 5.86. The Kier molecular flexibility index (Phi) is 13.8. The van der Waals surface area contributed by atoms with Crippen LogP contribution in [0.3, 0.4) is 0 Å². The third-order valence-corrected chi connectivity index (χ3v) is 6.53. The average molecular weight is 506 g/mol. The van der Waals surface area contributed by atoms with Gasteiger partial charge in [0.2, 0.25) is 0 Å². The second-order valence-electron chi connectivity index (χ2n) is 10.4. The van der Waals surface area contributed by atoms with Crippen LogP contribution in [0.25, 0.3) is 0 Å². The van der Waals surface area contributed by atoms with Crippen LogP contribution in [-0.4, -0.2) is 56.7 Å². The van der Waals surface area contributed by atoms with Crippen LogP contribution in [0.5, 0.6) is 0 Å². The fourth-order valence-corrected chi connectivity index (χ4v) is 3.75. The van der Waals surface area contributed by atoms with Crippen LogP contribution in [0.1, 0.15) is 79.2 Å². The van der Waals surface area contributed by atoms with Gasteiger partial charge in [0.25, 0.3) is 0 Å². The van der Waals surface area contributed by atoms with E-state index in [0.29, 0.717) is 12.2 Å². The van der Waals surface area contributed by atoms with Crippen LogP contribution in [-0.2, 0) is 23.7 Å². The van der Waals surface area contributed by atoms with E-state index in [1.54, 1.807) is 6.92 Å². The summed E-state index contributed by atoms with van der Waals surface area (Å²) >= 11 is 0. The van der Waals surface area contributed by atoms with Crippen molar-refractivity contribution in [1.29, 1.82) is 0 Å². The van der Waals surface area contributed by atoms with Crippen molar-refractivity contribution < 1.29 is 28.5 Å². The number of amides is 1. The van der Waals surface area contributed by atoms with Crippen molar-refractivity contribution in [3.8, 4) is 0 Å². The molecule has 0 heterocycles. The highest BCUT2D eigenvalue weighted by atomic mass is 16.6. The predicted molar refractivity (Wildman–Crippen MR) is 143 cm³/mol. The van der Waals surface area contributed by atoms with Gasteiger partial charge in [0.15, 0.2) is 0 Å². The van der Waals surface area contributed by atoms with Gasteiger partial charge in [-0.05, 0) is 58.4 Å². The molecule has 0 aromatic heterocycles. The highest BCUT2D eigenvalue weighted by Gasteiger charge is 2.36. The lowest BCUT2D eigenvalue weighted by Gasteiger charge is -2.37. The summed E-state index contributed by atoms with van der Waals surface area (Å²) in [6.07, 6.45) is 2.60. The Morgan fingerprint density at radius 1 is 1.06 bits per heavy atom. The van der Waals surface area contributed by atoms with Gasteiger partial charge in [-0.15, -0.1) is 0 Å². The molecule has 0 aliphatic heterocycles. The first-order valence-corrected chi connectivity index (χ1v) is 12.9. The second kappa shape index (κ2) is 15.7. The second-order valence-corrected chi connectivity index (χ2v) is 10.4. The monoisotopic (exact) mass is 505 g/mol. The molecule has 0 saturated carbocycles. The Balaban J connectivity index is 2.74. The van der Waals surface area contributed by atoms with Crippen LogP contribution in [0.15, 0.2) is 42.5 Å². The van der Waals surface area contributed by atoms with Gasteiger partial charge in [0.05, 0.1) is 19.3 Å². The summed E-state index contributed by atoms with van der Waals surface area (Å²) in [5.41, 5.74) is 0.498. The molecule has 1 rings (SSSR count). The van der Waals surface area contributed by atoms with Crippen LogP contribution in [0.2, 0.25) is 0 Å². The minimum atomic E-state index is -0.846. The van der Waals surface area contributed by atoms with Crippen molar-refractivity contribution in [1.82, 2.24) is 5.32 Å². The number of hydrogen-bond donors (Lipinski definition) is 1. The number of benzene rings is 1. The van der Waals surface area contributed by atoms with Crippen molar-refractivity contribution in [2.24, 2.45) is 5.41 Å². The van der Waals surface area contributed by atoms with Gasteiger partial charge in [-0.1, -0.05) is 57.2 Å². The van der Waals surface area contributed by atoms with Crippen molar-refractivity contribution in [3.63, 3.8) is 0 Å². The SMILES string of the molecule is C=C(C)C(=O)OCCNC(=O)OC(C)(C)C(COC(C)C(C)(C)CCCCOCC)c1ccccc1. The summed E-state index contributed by atoms with van der Waals surface area (Å²) < 4.78 is 22.7. The fourth-order valence-electron chi connectivity index (χ4n) is 3.75. The van der Waals surface area contributed by atoms with E-state index in [-0.39, 0.29) is 30.6 Å². The van der Waals surface area contributed by atoms with Crippen molar-refractivity contribution in [3.05, 3.63) is 48.0 Å². The van der Waals surface area contributed by atoms with Crippen molar-refractivity contribution in [2.75, 3.05) is 33.0 Å². The summed E-state index contributed by atoms with van der Waals surface area (Å²) in [7, 11) is 0. The maximum absolute atomic E-state index is 12.5. The highest BCUT2D eigenvalue weighted by Crippen LogP contribution is 2.35. The average Bonchev–Trinajstić information content (AvgIpc) is 2.81. The molecule has 0 aliphatic rings. The van der Waals surface area contributed by atoms with Crippen molar-refractivity contribution >= 4 is 12.1 Å². The third-order valence-electron chi connectivity index (χ3n) is 6.53. The fraction of sp³-hybridized carbons (Fsp3) is 0.655. The molecule has 2 atom stereocenters. The molecule has 0 saturated heterocycles. The smallest absolute Gasteiger partial charge is 0.407 e. The van der Waals surface area contributed by atoms with Gasteiger partial charge in [-0.25, -0.2) is 9.59 Å². The number of carbonyl (C=O) groups excluding carboxylic acids is 2. The third kappa shape index (κ3) is 11.6. The normalized spacial score (nSPS) is 13.5. The van der Waals surface area contributed by atoms with E-state index in [9.17, 15) is 9.59 Å². The maximum Gasteiger partial charge on any atom is 0.407 e. The van der Waals surface area contributed by atoms with Gasteiger partial charge in [0.1, 0.15) is 12.2 Å². The van der Waals surface area contributed by atoms with E-state index >= 15 is 0 Å². The molecule has 0 aliphatic carbocycles. The Labute approximate surface area is 217 Å². The number of alkyl carbamates (subject to hydrolysis) is 1. The Morgan fingerprint density at radius 2 is 1.72 bits per heavy atom. The van der Waals surface area contributed by atoms with Gasteiger partial charge in [-0.2, -0.15) is 0 Å². The number of unbranched alkanes of at least 4 members (excludes halogenated alkanes) is 1. The van der Waals surface area contributed by atoms with E-state index in [1.807, 2.05) is 51.1 Å². The van der Waals surface area contributed by atoms with Crippen LogP contribution in [0.4, 0.5) is 4.79 Å². The Bertz CT molecular complexity index is 805. The zero-order valence-electron chi connectivity index (χ0n) is 23.4. The van der Waals surface area contributed by atoms with Gasteiger partial charge >= 0.3 is 12.1 Å². The predicted octanol–water partition coefficient (Wildman–Crippen LogP) is 6.03. The number of nitrogens with one attached hydrogen (secondary N) is 1. The molecular weight excluding hydrogens is 458 g/mol. The largest absolute Gasteiger partial charge is 0.460 e. The zero-order chi connectivity index (χ0) is 27.2. The summed E-state index contributed by atoms with van der Waals surface area (Å²) in [6, 6.07) is 9.96. The molecule has 1 amide bonds. The zero-order valence-corrected chi connectivity index (χ0v) is 23.4. The lowest BCUT2D eigenvalue weighted by Crippen LogP contribution is -2.42. The lowest BCUT2D eigenvalue weighted by atomic mass is 9.81. The van der Waals surface area contributed by atoms with E-state index in [0.717, 1.165) is 38.0 Å². The van der Waals surface area contributed by atoms with Crippen LogP contribution < -0.4 is 5.32 Å². The first kappa shape index (κ1) is 31.6. The van der Waals surface area contributed by atoms with Gasteiger partial charge in [0, 0.05) is 24.7 Å². The molecule has 7 nitrogen and oxygen atoms in total. The summed E-state index contributed by atoms with van der Waals surface area (Å²) in [4.78, 5) is 24.0. The summed E-state index contributed by atoms with van der Waals surface area (Å²) in [6.45, 7) is 19.6. The molecule has 0 spiro atoms. The Morgan fingerprint density at radius 3 is 2.33 bits per heavy atom. The minimum Gasteiger partial charge on any atom is -0.460 e. The number of ether oxygens (including phenoxy) is 4. The summed E-state index contributed by atoms with van der Waals surface area (Å²) in [5, 5.41) is 2.65. The topological polar surface area (TPSA) is 83.1 Å². The van der Waals surface area contributed by atoms with Gasteiger partial charge in [-0.3, -0.25) is 0 Å². The molecule has 2 unspecified atom stereocenters. The molecule has 0 radical (unpaired) electrons. The van der Waals surface area contributed by atoms with E-state index in [2.05, 4.69) is 32.7 Å². The molecule has 1 aromatic rings. The van der Waals surface area contributed by atoms with E-state index in [4.69, 9.17) is 18.9 Å². The van der Waals surface area contributed by atoms with Crippen molar-refractivity contribution in [2.45, 2.75) is 85.4 Å². The van der Waals surface area contributed by atoms with Crippen LogP contribution >= 0.6 is 0 Å². The number of carbonyl (C=O) groups is 2. The van der Waals surface area contributed by atoms with Crippen LogP contribution in [0, 0.1) is 5.41 Å². The molecule has 0 bridgehead atoms. The standard InChI is InChI=1S/C29H47NO6/c1-9-33-19-14-13-17-28(5,6)23(4)35-21-25(24-15-11-10-12-16-24)29(7,8)36-27(32)30-18-20-34-26(31)22(2)3/h10-12,15-16,23,25H,2,9,13-14,17-21H2,1,3-8H3,(H,30,32). The number of hydrogen-bond acceptors (Lipinski definition) is 6. The molecule has 0 fully saturated rings. The molecular formula is C29H47NO6. The van der Waals surface area contributed by atoms with Gasteiger partial charge < -0.3 is 24.3 Å². The Hall–Kier alpha value is -2.38. The number of esters is 1. The first-order valence-electron chi connectivity index (χ1n) is 12.9. The maximum atomic E-state index is 12.5. The molecule has 1 aromatic carbocycles. The molecule has 7 heteroatoms. The van der Waals surface area contributed by atoms with E-state index < -0.39 is 17.7 Å². The number of rotatable bonds is 17. The lowest BCUT2D eigenvalue weighted by molar-refractivity contribution is -0.138. The molecule has 36 heavy (non-hydrogen) atoms. The molecule has 1 N–H and O–H groups in total. The van der Waals surface area contributed by atoms with E-state index in [1.165, 1.54) is 0 Å². The summed E-state index contributed by atoms with van der Waals surface area (Å²) in [5.74, 6) is -0.667. The quantitative estimate of drug-likeness (QED) is 0.158. The molecule has 204 valence electrons.